The molecular formula is C18H24N2O5. The molecule has 7 nitrogen and oxygen atoms in total. The Morgan fingerprint density at radius 3 is 2.52 bits per heavy atom. The molecule has 2 heterocycles. The highest BCUT2D eigenvalue weighted by molar-refractivity contribution is 6.00. The van der Waals surface area contributed by atoms with E-state index >= 15 is 0 Å². The Kier molecular flexibility index (Phi) is 5.79. The van der Waals surface area contributed by atoms with Crippen molar-refractivity contribution in [3.63, 3.8) is 0 Å². The van der Waals surface area contributed by atoms with Gasteiger partial charge in [-0.3, -0.25) is 4.79 Å². The van der Waals surface area contributed by atoms with Crippen LogP contribution in [-0.4, -0.2) is 41.8 Å². The number of ether oxygens (including phenoxy) is 2. The van der Waals surface area contributed by atoms with Crippen LogP contribution in [0.1, 0.15) is 56.5 Å². The summed E-state index contributed by atoms with van der Waals surface area (Å²) in [5, 5.41) is 3.71. The molecule has 2 aromatic heterocycles. The second kappa shape index (κ2) is 7.65. The van der Waals surface area contributed by atoms with E-state index in [0.717, 1.165) is 11.4 Å². The van der Waals surface area contributed by atoms with Crippen molar-refractivity contribution in [2.24, 2.45) is 0 Å². The first-order chi connectivity index (χ1) is 11.8. The number of carbonyl (C=O) groups excluding carboxylic acids is 2. The predicted molar refractivity (Wildman–Crippen MR) is 91.1 cm³/mol. The molecule has 0 spiro atoms. The average molecular weight is 348 g/mol. The van der Waals surface area contributed by atoms with Crippen LogP contribution < -0.4 is 0 Å². The molecule has 0 saturated carbocycles. The summed E-state index contributed by atoms with van der Waals surface area (Å²) < 4.78 is 17.3. The summed E-state index contributed by atoms with van der Waals surface area (Å²) in [4.78, 5) is 24.6. The molecular weight excluding hydrogens is 324 g/mol. The quantitative estimate of drug-likeness (QED) is 0.565. The molecule has 0 amide bonds. The molecule has 25 heavy (non-hydrogen) atoms. The molecule has 136 valence electrons. The van der Waals surface area contributed by atoms with Crippen LogP contribution in [0.25, 0.3) is 0 Å². The van der Waals surface area contributed by atoms with E-state index in [1.54, 1.807) is 21.0 Å². The lowest BCUT2D eigenvalue weighted by molar-refractivity contribution is 0.0472. The van der Waals surface area contributed by atoms with E-state index in [1.165, 1.54) is 0 Å². The zero-order valence-corrected chi connectivity index (χ0v) is 15.5. The topological polar surface area (TPSA) is 83.6 Å². The number of rotatable bonds is 7. The minimum atomic E-state index is -0.605. The standard InChI is InChI=1S/C18H24N2O5/c1-10-7-15(13(4)20(10)11(2)8-23-6)16(21)9-24-18(22)17-12(3)19-25-14(17)5/h7,11H,8-9H2,1-6H3/t11-/m1/s1. The van der Waals surface area contributed by atoms with Crippen molar-refractivity contribution in [1.29, 1.82) is 0 Å². The average Bonchev–Trinajstić information content (AvgIpc) is 3.04. The number of nitrogens with zero attached hydrogens (tertiary/aromatic N) is 2. The molecule has 0 N–H and O–H groups in total. The van der Waals surface area contributed by atoms with Gasteiger partial charge in [-0.2, -0.15) is 0 Å². The predicted octanol–water partition coefficient (Wildman–Crippen LogP) is 2.96. The summed E-state index contributed by atoms with van der Waals surface area (Å²) in [6.45, 7) is 9.34. The number of hydrogen-bond acceptors (Lipinski definition) is 6. The van der Waals surface area contributed by atoms with Crippen LogP contribution in [0.2, 0.25) is 0 Å². The number of Topliss-reactive ketones (excluding diaryl/α,β-unsaturated/α-hetero) is 1. The van der Waals surface area contributed by atoms with Gasteiger partial charge in [0.05, 0.1) is 18.3 Å². The summed E-state index contributed by atoms with van der Waals surface area (Å²) in [5.74, 6) is -0.475. The van der Waals surface area contributed by atoms with Crippen LogP contribution in [0.5, 0.6) is 0 Å². The molecule has 2 aromatic rings. The smallest absolute Gasteiger partial charge is 0.344 e. The van der Waals surface area contributed by atoms with Crippen molar-refractivity contribution in [2.75, 3.05) is 20.3 Å². The summed E-state index contributed by atoms with van der Waals surface area (Å²) >= 11 is 0. The van der Waals surface area contributed by atoms with Gasteiger partial charge >= 0.3 is 5.97 Å². The van der Waals surface area contributed by atoms with Crippen molar-refractivity contribution >= 4 is 11.8 Å². The Balaban J connectivity index is 2.11. The van der Waals surface area contributed by atoms with E-state index in [-0.39, 0.29) is 24.0 Å². The first kappa shape index (κ1) is 18.9. The summed E-state index contributed by atoms with van der Waals surface area (Å²) in [6.07, 6.45) is 0. The Morgan fingerprint density at radius 1 is 1.28 bits per heavy atom. The van der Waals surface area contributed by atoms with Gasteiger partial charge in [0.2, 0.25) is 5.78 Å². The third-order valence-electron chi connectivity index (χ3n) is 4.21. The minimum Gasteiger partial charge on any atom is -0.454 e. The zero-order chi connectivity index (χ0) is 18.7. The Bertz CT molecular complexity index is 768. The van der Waals surface area contributed by atoms with Crippen LogP contribution in [0.3, 0.4) is 0 Å². The number of ketones is 1. The zero-order valence-electron chi connectivity index (χ0n) is 15.5. The maximum atomic E-state index is 12.5. The van der Waals surface area contributed by atoms with Gasteiger partial charge in [0.1, 0.15) is 11.3 Å². The molecule has 7 heteroatoms. The molecule has 0 bridgehead atoms. The molecule has 0 saturated heterocycles. The molecule has 0 fully saturated rings. The van der Waals surface area contributed by atoms with E-state index in [2.05, 4.69) is 5.16 Å². The van der Waals surface area contributed by atoms with Crippen LogP contribution in [0.15, 0.2) is 10.6 Å². The second-order valence-electron chi connectivity index (χ2n) is 6.16. The lowest BCUT2D eigenvalue weighted by atomic mass is 10.1. The van der Waals surface area contributed by atoms with E-state index in [9.17, 15) is 9.59 Å². The molecule has 1 atom stereocenters. The van der Waals surface area contributed by atoms with Gasteiger partial charge in [0.25, 0.3) is 0 Å². The normalized spacial score (nSPS) is 12.2. The maximum Gasteiger partial charge on any atom is 0.344 e. The minimum absolute atomic E-state index is 0.108. The maximum absolute atomic E-state index is 12.5. The number of carbonyl (C=O) groups is 2. The third kappa shape index (κ3) is 3.82. The largest absolute Gasteiger partial charge is 0.454 e. The fourth-order valence-electron chi connectivity index (χ4n) is 3.11. The van der Waals surface area contributed by atoms with E-state index in [4.69, 9.17) is 14.0 Å². The molecule has 2 rings (SSSR count). The van der Waals surface area contributed by atoms with Crippen LogP contribution in [0.4, 0.5) is 0 Å². The highest BCUT2D eigenvalue weighted by Gasteiger charge is 2.23. The SMILES string of the molecule is COC[C@@H](C)n1c(C)cc(C(=O)COC(=O)c2c(C)noc2C)c1C. The van der Waals surface area contributed by atoms with Gasteiger partial charge in [-0.15, -0.1) is 0 Å². The number of esters is 1. The highest BCUT2D eigenvalue weighted by Crippen LogP contribution is 2.21. The van der Waals surface area contributed by atoms with Crippen molar-refractivity contribution < 1.29 is 23.6 Å². The number of aryl methyl sites for hydroxylation is 3. The molecule has 0 radical (unpaired) electrons. The number of aromatic nitrogens is 2. The lowest BCUT2D eigenvalue weighted by Crippen LogP contribution is -2.17. The van der Waals surface area contributed by atoms with Gasteiger partial charge in [0, 0.05) is 24.1 Å². The van der Waals surface area contributed by atoms with Crippen molar-refractivity contribution in [3.05, 3.63) is 40.0 Å². The van der Waals surface area contributed by atoms with Crippen LogP contribution in [0, 0.1) is 27.7 Å². The van der Waals surface area contributed by atoms with Gasteiger partial charge in [-0.1, -0.05) is 5.16 Å². The van der Waals surface area contributed by atoms with Gasteiger partial charge in [-0.25, -0.2) is 4.79 Å². The highest BCUT2D eigenvalue weighted by atomic mass is 16.5. The summed E-state index contributed by atoms with van der Waals surface area (Å²) in [6, 6.07) is 1.92. The fourth-order valence-corrected chi connectivity index (χ4v) is 3.11. The van der Waals surface area contributed by atoms with E-state index in [0.29, 0.717) is 23.6 Å². The number of methoxy groups -OCH3 is 1. The first-order valence-corrected chi connectivity index (χ1v) is 8.08. The second-order valence-corrected chi connectivity index (χ2v) is 6.16. The monoisotopic (exact) mass is 348 g/mol. The third-order valence-corrected chi connectivity index (χ3v) is 4.21. The summed E-state index contributed by atoms with van der Waals surface area (Å²) in [5.41, 5.74) is 3.06. The molecule has 0 aromatic carbocycles. The molecule has 0 unspecified atom stereocenters. The van der Waals surface area contributed by atoms with E-state index in [1.807, 2.05) is 31.4 Å². The van der Waals surface area contributed by atoms with Gasteiger partial charge in [0.15, 0.2) is 6.61 Å². The Morgan fingerprint density at radius 2 is 1.96 bits per heavy atom. The molecule has 0 aliphatic heterocycles. The Labute approximate surface area is 146 Å². The van der Waals surface area contributed by atoms with Crippen molar-refractivity contribution in [1.82, 2.24) is 9.72 Å². The van der Waals surface area contributed by atoms with Gasteiger partial charge < -0.3 is 18.6 Å². The van der Waals surface area contributed by atoms with E-state index < -0.39 is 5.97 Å². The molecule has 0 aliphatic carbocycles. The van der Waals surface area contributed by atoms with Crippen LogP contribution >= 0.6 is 0 Å². The van der Waals surface area contributed by atoms with Crippen molar-refractivity contribution in [2.45, 2.75) is 40.7 Å². The lowest BCUT2D eigenvalue weighted by Gasteiger charge is -2.17. The van der Waals surface area contributed by atoms with Gasteiger partial charge in [-0.05, 0) is 40.7 Å². The molecule has 0 aliphatic rings. The Hall–Kier alpha value is -2.41. The first-order valence-electron chi connectivity index (χ1n) is 8.08. The fraction of sp³-hybridized carbons (Fsp3) is 0.500. The van der Waals surface area contributed by atoms with Crippen molar-refractivity contribution in [3.8, 4) is 0 Å². The van der Waals surface area contributed by atoms with Crippen LogP contribution in [-0.2, 0) is 9.47 Å². The number of hydrogen-bond donors (Lipinski definition) is 0. The summed E-state index contributed by atoms with van der Waals surface area (Å²) in [7, 11) is 1.64.